The van der Waals surface area contributed by atoms with E-state index in [4.69, 9.17) is 30.6 Å². The number of hydrogen-bond donors (Lipinski definition) is 0. The van der Waals surface area contributed by atoms with Gasteiger partial charge in [-0.15, -0.1) is 0 Å². The molecule has 0 heterocycles. The predicted octanol–water partition coefficient (Wildman–Crippen LogP) is -0.862. The molecule has 0 fully saturated rings. The van der Waals surface area contributed by atoms with Crippen LogP contribution in [0.5, 0.6) is 0 Å². The van der Waals surface area contributed by atoms with Crippen LogP contribution < -0.4 is 0 Å². The maximum absolute atomic E-state index is 8.25. The third-order valence-electron chi connectivity index (χ3n) is 0. The molecule has 0 spiro atoms. The molecule has 8 nitrogen and oxygen atoms in total. The van der Waals surface area contributed by atoms with Crippen LogP contribution in [0, 0.1) is 30.6 Å². The van der Waals surface area contributed by atoms with Crippen LogP contribution >= 0.6 is 0 Å². The minimum Gasteiger partial charge on any atom is -0.356 e. The van der Waals surface area contributed by atoms with E-state index >= 15 is 0 Å². The Labute approximate surface area is 84.0 Å². The van der Waals surface area contributed by atoms with Crippen molar-refractivity contribution >= 4 is 26.2 Å². The molecule has 0 N–H and O–H groups in total. The number of nitrogens with zero attached hydrogens (tertiary/aromatic N) is 2. The fourth-order valence-corrected chi connectivity index (χ4v) is 0. The van der Waals surface area contributed by atoms with Crippen LogP contribution in [0.1, 0.15) is 0 Å². The SMILES string of the molecule is O=[N+]([O-])[O-].O=[N+]([O-])[O-].[Bi+3].[Cu+2]. The zero-order valence-corrected chi connectivity index (χ0v) is 8.51. The van der Waals surface area contributed by atoms with Crippen molar-refractivity contribution in [1.82, 2.24) is 0 Å². The Morgan fingerprint density at radius 3 is 0.800 bits per heavy atom. The second-order valence-corrected chi connectivity index (χ2v) is 0.447. The van der Waals surface area contributed by atoms with E-state index in [0.717, 1.165) is 0 Å². The maximum Gasteiger partial charge on any atom is 3.00 e. The van der Waals surface area contributed by atoms with Crippen LogP contribution in [0.4, 0.5) is 0 Å². The third-order valence-corrected chi connectivity index (χ3v) is 0. The van der Waals surface area contributed by atoms with Gasteiger partial charge in [-0.3, -0.25) is 0 Å². The summed E-state index contributed by atoms with van der Waals surface area (Å²) < 4.78 is 0. The van der Waals surface area contributed by atoms with Crippen LogP contribution in [0.2, 0.25) is 0 Å². The van der Waals surface area contributed by atoms with E-state index in [1.54, 1.807) is 0 Å². The first-order valence-corrected chi connectivity index (χ1v) is 1.10. The summed E-state index contributed by atoms with van der Waals surface area (Å²) in [6, 6.07) is 0. The van der Waals surface area contributed by atoms with Crippen molar-refractivity contribution in [2.24, 2.45) is 0 Å². The summed E-state index contributed by atoms with van der Waals surface area (Å²) >= 11 is 0. The van der Waals surface area contributed by atoms with Crippen molar-refractivity contribution in [2.45, 2.75) is 0 Å². The molecule has 10 heavy (non-hydrogen) atoms. The summed E-state index contributed by atoms with van der Waals surface area (Å²) in [7, 11) is 0. The van der Waals surface area contributed by atoms with E-state index in [9.17, 15) is 0 Å². The van der Waals surface area contributed by atoms with Gasteiger partial charge in [0.25, 0.3) is 0 Å². The molecule has 0 aliphatic heterocycles. The van der Waals surface area contributed by atoms with E-state index in [1.807, 2.05) is 0 Å². The predicted molar refractivity (Wildman–Crippen MR) is 26.5 cm³/mol. The van der Waals surface area contributed by atoms with Crippen molar-refractivity contribution < 1.29 is 27.2 Å². The van der Waals surface area contributed by atoms with Crippen molar-refractivity contribution in [2.75, 3.05) is 0 Å². The minimum absolute atomic E-state index is 0. The van der Waals surface area contributed by atoms with Gasteiger partial charge in [-0.1, -0.05) is 0 Å². The number of hydrogen-bond acceptors (Lipinski definition) is 6. The fourth-order valence-electron chi connectivity index (χ4n) is 0. The molecule has 0 aromatic rings. The summed E-state index contributed by atoms with van der Waals surface area (Å²) in [6.45, 7) is 0. The van der Waals surface area contributed by atoms with Crippen LogP contribution in [-0.2, 0) is 17.1 Å². The Balaban J connectivity index is -0.0000000300. The van der Waals surface area contributed by atoms with Crippen LogP contribution in [0.25, 0.3) is 0 Å². The van der Waals surface area contributed by atoms with Gasteiger partial charge in [-0.05, 0) is 0 Å². The Bertz CT molecular complexity index is 73.7. The molecular weight excluding hydrogens is 397 g/mol. The van der Waals surface area contributed by atoms with E-state index in [0.29, 0.717) is 0 Å². The normalized spacial score (nSPS) is 4.80. The van der Waals surface area contributed by atoms with Gasteiger partial charge in [-0.2, -0.15) is 0 Å². The van der Waals surface area contributed by atoms with Crippen molar-refractivity contribution in [1.29, 1.82) is 0 Å². The van der Waals surface area contributed by atoms with E-state index in [1.165, 1.54) is 0 Å². The van der Waals surface area contributed by atoms with Crippen molar-refractivity contribution in [3.8, 4) is 0 Å². The van der Waals surface area contributed by atoms with E-state index < -0.39 is 10.2 Å². The molecule has 0 atom stereocenters. The Hall–Kier alpha value is -0.197. The molecule has 0 aliphatic rings. The Morgan fingerprint density at radius 2 is 0.800 bits per heavy atom. The van der Waals surface area contributed by atoms with Gasteiger partial charge in [0.05, 0.1) is 10.2 Å². The zero-order valence-electron chi connectivity index (χ0n) is 4.09. The molecule has 0 unspecified atom stereocenters. The van der Waals surface area contributed by atoms with Gasteiger partial charge in [0.1, 0.15) is 0 Å². The maximum atomic E-state index is 8.25. The number of rotatable bonds is 0. The smallest absolute Gasteiger partial charge is 0.356 e. The third kappa shape index (κ3) is 9270. The average Bonchev–Trinajstić information content (AvgIpc) is 1.25. The van der Waals surface area contributed by atoms with Gasteiger partial charge in [0.15, 0.2) is 0 Å². The van der Waals surface area contributed by atoms with Gasteiger partial charge < -0.3 is 30.6 Å². The second kappa shape index (κ2) is 15.9. The first-order chi connectivity index (χ1) is 3.46. The standard InChI is InChI=1S/Bi.Cu.2NO3/c;;2*2-1(3)4/q+3;+2;2*-1. The van der Waals surface area contributed by atoms with Gasteiger partial charge >= 0.3 is 43.3 Å². The largest absolute Gasteiger partial charge is 3.00 e. The topological polar surface area (TPSA) is 132 Å². The average molecular weight is 397 g/mol. The van der Waals surface area contributed by atoms with Crippen LogP contribution in [-0.4, -0.2) is 36.4 Å². The molecular formula is BiCuN2O6+3. The summed E-state index contributed by atoms with van der Waals surface area (Å²) in [6.07, 6.45) is 0. The molecule has 0 rings (SSSR count). The summed E-state index contributed by atoms with van der Waals surface area (Å²) in [5.41, 5.74) is 0. The Kier molecular flexibility index (Phi) is 35.9. The monoisotopic (exact) mass is 396 g/mol. The van der Waals surface area contributed by atoms with Gasteiger partial charge in [-0.25, -0.2) is 0 Å². The zero-order chi connectivity index (χ0) is 7.15. The van der Waals surface area contributed by atoms with Crippen LogP contribution in [0.3, 0.4) is 0 Å². The molecule has 3 radical (unpaired) electrons. The summed E-state index contributed by atoms with van der Waals surface area (Å²) in [4.78, 5) is 16.5. The second-order valence-electron chi connectivity index (χ2n) is 0.447. The summed E-state index contributed by atoms with van der Waals surface area (Å²) in [5.74, 6) is 0. The molecule has 0 saturated carbocycles. The van der Waals surface area contributed by atoms with Gasteiger partial charge in [0, 0.05) is 0 Å². The van der Waals surface area contributed by atoms with Crippen LogP contribution in [0.15, 0.2) is 0 Å². The minimum atomic E-state index is -1.75. The molecule has 0 aliphatic carbocycles. The van der Waals surface area contributed by atoms with E-state index in [-0.39, 0.29) is 43.3 Å². The van der Waals surface area contributed by atoms with Crippen molar-refractivity contribution in [3.05, 3.63) is 30.6 Å². The first-order valence-electron chi connectivity index (χ1n) is 1.10. The molecule has 0 saturated heterocycles. The Morgan fingerprint density at radius 1 is 0.800 bits per heavy atom. The molecule has 0 aromatic carbocycles. The molecule has 0 amide bonds. The molecule has 0 bridgehead atoms. The fraction of sp³-hybridized carbons (Fsp3) is 0. The quantitative estimate of drug-likeness (QED) is 0.297. The first kappa shape index (κ1) is 22.6. The molecule has 10 heteroatoms. The van der Waals surface area contributed by atoms with E-state index in [2.05, 4.69) is 0 Å². The molecule has 59 valence electrons. The summed E-state index contributed by atoms with van der Waals surface area (Å²) in [5, 5.41) is 29.5. The molecule has 0 aromatic heterocycles. The van der Waals surface area contributed by atoms with Gasteiger partial charge in [0.2, 0.25) is 0 Å². The van der Waals surface area contributed by atoms with Crippen molar-refractivity contribution in [3.63, 3.8) is 0 Å².